The molecule has 1 heterocycles. The number of hydrogen-bond donors (Lipinski definition) is 0. The van der Waals surface area contributed by atoms with Crippen LogP contribution in [0.25, 0.3) is 0 Å². The highest BCUT2D eigenvalue weighted by molar-refractivity contribution is 6.17. The van der Waals surface area contributed by atoms with E-state index in [1.54, 1.807) is 0 Å². The molecule has 0 amide bonds. The number of unbranched alkanes of at least 4 members (excludes halogenated alkanes) is 1. The average Bonchev–Trinajstić information content (AvgIpc) is 2.47. The van der Waals surface area contributed by atoms with Gasteiger partial charge in [0.1, 0.15) is 0 Å². The second-order valence-electron chi connectivity index (χ2n) is 5.02. The Hall–Kier alpha value is -0.760. The number of ether oxygens (including phenoxy) is 1. The van der Waals surface area contributed by atoms with Gasteiger partial charge < -0.3 is 4.74 Å². The molecular weight excluding hydrogens is 258 g/mol. The molecule has 1 aromatic rings. The van der Waals surface area contributed by atoms with Gasteiger partial charge in [-0.25, -0.2) is 4.98 Å². The number of halogens is 1. The zero-order chi connectivity index (χ0) is 14.1. The zero-order valence-electron chi connectivity index (χ0n) is 12.4. The maximum absolute atomic E-state index is 5.90. The number of nitrogens with zero attached hydrogens (tertiary/aromatic N) is 1. The Balaban J connectivity index is 2.60. The second-order valence-corrected chi connectivity index (χ2v) is 5.29. The molecule has 1 atom stereocenters. The fraction of sp³-hybridized carbons (Fsp3) is 0.688. The molecule has 0 spiro atoms. The summed E-state index contributed by atoms with van der Waals surface area (Å²) in [5.41, 5.74) is 2.14. The minimum Gasteiger partial charge on any atom is -0.477 e. The average molecular weight is 284 g/mol. The number of hydrogen-bond acceptors (Lipinski definition) is 2. The molecule has 0 aliphatic carbocycles. The second kappa shape index (κ2) is 9.19. The smallest absolute Gasteiger partial charge is 0.213 e. The maximum Gasteiger partial charge on any atom is 0.213 e. The predicted molar refractivity (Wildman–Crippen MR) is 82.0 cm³/mol. The third kappa shape index (κ3) is 5.82. The van der Waals surface area contributed by atoms with Crippen LogP contribution in [0.1, 0.15) is 57.7 Å². The normalized spacial score (nSPS) is 12.4. The first-order valence-corrected chi connectivity index (χ1v) is 7.95. The van der Waals surface area contributed by atoms with Gasteiger partial charge in [0.05, 0.1) is 6.61 Å². The monoisotopic (exact) mass is 283 g/mol. The van der Waals surface area contributed by atoms with E-state index >= 15 is 0 Å². The van der Waals surface area contributed by atoms with Crippen molar-refractivity contribution in [2.45, 2.75) is 58.8 Å². The van der Waals surface area contributed by atoms with Gasteiger partial charge in [-0.2, -0.15) is 0 Å². The van der Waals surface area contributed by atoms with Gasteiger partial charge in [0, 0.05) is 17.6 Å². The van der Waals surface area contributed by atoms with Crippen molar-refractivity contribution in [1.82, 2.24) is 4.98 Å². The first kappa shape index (κ1) is 16.3. The Kier molecular flexibility index (Phi) is 7.88. The minimum absolute atomic E-state index is 0.513. The Morgan fingerprint density at radius 1 is 1.26 bits per heavy atom. The van der Waals surface area contributed by atoms with Crippen molar-refractivity contribution in [3.63, 3.8) is 0 Å². The fourth-order valence-electron chi connectivity index (χ4n) is 2.05. The largest absolute Gasteiger partial charge is 0.477 e. The summed E-state index contributed by atoms with van der Waals surface area (Å²) in [6, 6.07) is 4.01. The van der Waals surface area contributed by atoms with E-state index in [2.05, 4.69) is 25.8 Å². The SMILES string of the molecule is CCCCC(CC)COc1cc(CCl)cc(CC)n1. The van der Waals surface area contributed by atoms with Crippen molar-refractivity contribution in [2.75, 3.05) is 6.61 Å². The minimum atomic E-state index is 0.513. The molecule has 0 fully saturated rings. The van der Waals surface area contributed by atoms with E-state index in [1.165, 1.54) is 19.3 Å². The first-order valence-electron chi connectivity index (χ1n) is 7.42. The summed E-state index contributed by atoms with van der Waals surface area (Å²) in [6.07, 6.45) is 5.83. The summed E-state index contributed by atoms with van der Waals surface area (Å²) < 4.78 is 5.87. The lowest BCUT2D eigenvalue weighted by atomic mass is 10.0. The molecule has 1 aromatic heterocycles. The van der Waals surface area contributed by atoms with Gasteiger partial charge in [-0.1, -0.05) is 40.0 Å². The quantitative estimate of drug-likeness (QED) is 0.597. The van der Waals surface area contributed by atoms with Crippen molar-refractivity contribution in [3.8, 4) is 5.88 Å². The third-order valence-electron chi connectivity index (χ3n) is 3.44. The Labute approximate surface area is 122 Å². The van der Waals surface area contributed by atoms with E-state index < -0.39 is 0 Å². The lowest BCUT2D eigenvalue weighted by molar-refractivity contribution is 0.225. The van der Waals surface area contributed by atoms with Gasteiger partial charge in [0.2, 0.25) is 5.88 Å². The molecule has 0 bridgehead atoms. The lowest BCUT2D eigenvalue weighted by Crippen LogP contribution is -2.12. The molecule has 1 rings (SSSR count). The standard InChI is InChI=1S/C16H26ClNO/c1-4-7-8-13(5-2)12-19-16-10-14(11-17)9-15(6-3)18-16/h9-10,13H,4-8,11-12H2,1-3H3. The van der Waals surface area contributed by atoms with Crippen LogP contribution in [-0.2, 0) is 12.3 Å². The number of aromatic nitrogens is 1. The van der Waals surface area contributed by atoms with E-state index in [0.29, 0.717) is 11.8 Å². The number of pyridine rings is 1. The molecule has 0 aliphatic rings. The molecular formula is C16H26ClNO. The molecule has 0 saturated heterocycles. The Morgan fingerprint density at radius 3 is 2.63 bits per heavy atom. The van der Waals surface area contributed by atoms with E-state index in [1.807, 2.05) is 12.1 Å². The van der Waals surface area contributed by atoms with Crippen LogP contribution in [0.4, 0.5) is 0 Å². The highest BCUT2D eigenvalue weighted by Gasteiger charge is 2.08. The molecule has 0 saturated carbocycles. The summed E-state index contributed by atoms with van der Waals surface area (Å²) in [5.74, 6) is 1.87. The molecule has 0 aliphatic heterocycles. The summed E-state index contributed by atoms with van der Waals surface area (Å²) in [7, 11) is 0. The van der Waals surface area contributed by atoms with Gasteiger partial charge in [0.25, 0.3) is 0 Å². The third-order valence-corrected chi connectivity index (χ3v) is 3.75. The van der Waals surface area contributed by atoms with Crippen LogP contribution in [0.3, 0.4) is 0 Å². The Morgan fingerprint density at radius 2 is 2.05 bits per heavy atom. The van der Waals surface area contributed by atoms with Gasteiger partial charge in [0.15, 0.2) is 0 Å². The van der Waals surface area contributed by atoms with E-state index in [-0.39, 0.29) is 0 Å². The van der Waals surface area contributed by atoms with Crippen LogP contribution in [0.5, 0.6) is 5.88 Å². The van der Waals surface area contributed by atoms with Crippen molar-refractivity contribution < 1.29 is 4.74 Å². The molecule has 108 valence electrons. The van der Waals surface area contributed by atoms with E-state index in [4.69, 9.17) is 16.3 Å². The summed E-state index contributed by atoms with van der Waals surface area (Å²) in [4.78, 5) is 4.51. The molecule has 0 radical (unpaired) electrons. The molecule has 0 N–H and O–H groups in total. The van der Waals surface area contributed by atoms with Gasteiger partial charge >= 0.3 is 0 Å². The van der Waals surface area contributed by atoms with Gasteiger partial charge in [-0.05, 0) is 30.4 Å². The van der Waals surface area contributed by atoms with Crippen LogP contribution >= 0.6 is 11.6 Å². The van der Waals surface area contributed by atoms with E-state index in [0.717, 1.165) is 36.6 Å². The van der Waals surface area contributed by atoms with Gasteiger partial charge in [-0.3, -0.25) is 0 Å². The first-order chi connectivity index (χ1) is 9.23. The molecule has 0 aromatic carbocycles. The molecule has 1 unspecified atom stereocenters. The van der Waals surface area contributed by atoms with Crippen LogP contribution in [0.15, 0.2) is 12.1 Å². The summed E-state index contributed by atoms with van der Waals surface area (Å²) in [5, 5.41) is 0. The Bertz CT molecular complexity index is 346. The zero-order valence-corrected chi connectivity index (χ0v) is 13.2. The van der Waals surface area contributed by atoms with Crippen LogP contribution < -0.4 is 4.74 Å². The number of aryl methyl sites for hydroxylation is 1. The topological polar surface area (TPSA) is 22.1 Å². The van der Waals surface area contributed by atoms with Crippen LogP contribution in [-0.4, -0.2) is 11.6 Å². The predicted octanol–water partition coefficient (Wildman–Crippen LogP) is 4.98. The highest BCUT2D eigenvalue weighted by atomic mass is 35.5. The van der Waals surface area contributed by atoms with Crippen molar-refractivity contribution in [2.24, 2.45) is 5.92 Å². The maximum atomic E-state index is 5.90. The molecule has 2 nitrogen and oxygen atoms in total. The van der Waals surface area contributed by atoms with Crippen LogP contribution in [0.2, 0.25) is 0 Å². The number of alkyl halides is 1. The van der Waals surface area contributed by atoms with E-state index in [9.17, 15) is 0 Å². The number of rotatable bonds is 9. The highest BCUT2D eigenvalue weighted by Crippen LogP contribution is 2.18. The van der Waals surface area contributed by atoms with Crippen LogP contribution in [0, 0.1) is 5.92 Å². The van der Waals surface area contributed by atoms with Crippen molar-refractivity contribution in [1.29, 1.82) is 0 Å². The molecule has 3 heteroatoms. The van der Waals surface area contributed by atoms with Crippen molar-refractivity contribution in [3.05, 3.63) is 23.4 Å². The van der Waals surface area contributed by atoms with Gasteiger partial charge in [-0.15, -0.1) is 11.6 Å². The molecule has 19 heavy (non-hydrogen) atoms. The summed E-state index contributed by atoms with van der Waals surface area (Å²) in [6.45, 7) is 7.31. The lowest BCUT2D eigenvalue weighted by Gasteiger charge is -2.15. The fourth-order valence-corrected chi connectivity index (χ4v) is 2.21. The van der Waals surface area contributed by atoms with Crippen molar-refractivity contribution >= 4 is 11.6 Å². The summed E-state index contributed by atoms with van der Waals surface area (Å²) >= 11 is 5.90.